The molecule has 1 aromatic heterocycles. The van der Waals surface area contributed by atoms with Gasteiger partial charge in [-0.1, -0.05) is 17.7 Å². The van der Waals surface area contributed by atoms with Crippen molar-refractivity contribution in [1.82, 2.24) is 4.98 Å². The van der Waals surface area contributed by atoms with E-state index in [9.17, 15) is 14.7 Å². The van der Waals surface area contributed by atoms with Crippen molar-refractivity contribution in [2.45, 2.75) is 19.9 Å². The number of amides is 1. The van der Waals surface area contributed by atoms with Crippen LogP contribution >= 0.6 is 11.6 Å². The van der Waals surface area contributed by atoms with Gasteiger partial charge in [0.05, 0.1) is 36.4 Å². The minimum atomic E-state index is -0.879. The highest BCUT2D eigenvalue weighted by molar-refractivity contribution is 6.51. The third-order valence-corrected chi connectivity index (χ3v) is 5.98. The first-order chi connectivity index (χ1) is 16.3. The summed E-state index contributed by atoms with van der Waals surface area (Å²) in [5.41, 5.74) is 3.17. The zero-order valence-corrected chi connectivity index (χ0v) is 19.9. The number of aromatic nitrogens is 1. The van der Waals surface area contributed by atoms with Gasteiger partial charge in [-0.3, -0.25) is 19.5 Å². The van der Waals surface area contributed by atoms with Gasteiger partial charge in [-0.2, -0.15) is 0 Å². The molecule has 3 aromatic rings. The van der Waals surface area contributed by atoms with Crippen molar-refractivity contribution in [2.75, 3.05) is 19.1 Å². The standard InChI is InChI=1S/C26H23ClN2O5/c1-14-9-15(2)11-17(10-14)29-23(16-5-7-28-8-6-16)22(25(31)26(29)32)24(30)18-12-21(34-4)19(27)13-20(18)33-3/h5-13,23,30H,1-4H3/b24-22+. The molecule has 0 spiro atoms. The van der Waals surface area contributed by atoms with Crippen molar-refractivity contribution in [3.8, 4) is 11.5 Å². The van der Waals surface area contributed by atoms with Crippen molar-refractivity contribution < 1.29 is 24.2 Å². The summed E-state index contributed by atoms with van der Waals surface area (Å²) in [6, 6.07) is 11.1. The van der Waals surface area contributed by atoms with E-state index < -0.39 is 17.7 Å². The van der Waals surface area contributed by atoms with E-state index in [1.54, 1.807) is 24.5 Å². The van der Waals surface area contributed by atoms with Crippen molar-refractivity contribution in [3.05, 3.63) is 87.7 Å². The Labute approximate surface area is 202 Å². The van der Waals surface area contributed by atoms with Crippen LogP contribution in [0.4, 0.5) is 5.69 Å². The lowest BCUT2D eigenvalue weighted by Gasteiger charge is -2.26. The minimum absolute atomic E-state index is 0.0713. The average Bonchev–Trinajstić information content (AvgIpc) is 3.08. The van der Waals surface area contributed by atoms with Gasteiger partial charge >= 0.3 is 0 Å². The molecule has 0 saturated carbocycles. The maximum atomic E-state index is 13.4. The van der Waals surface area contributed by atoms with Gasteiger partial charge in [0, 0.05) is 24.1 Å². The smallest absolute Gasteiger partial charge is 0.300 e. The molecule has 1 aliphatic rings. The van der Waals surface area contributed by atoms with Crippen molar-refractivity contribution in [2.24, 2.45) is 0 Å². The fraction of sp³-hybridized carbons (Fsp3) is 0.192. The Morgan fingerprint density at radius 3 is 2.18 bits per heavy atom. The van der Waals surface area contributed by atoms with Crippen LogP contribution in [0.1, 0.15) is 28.3 Å². The highest BCUT2D eigenvalue weighted by Gasteiger charge is 2.47. The van der Waals surface area contributed by atoms with Crippen LogP contribution in [0.2, 0.25) is 5.02 Å². The summed E-state index contributed by atoms with van der Waals surface area (Å²) < 4.78 is 10.7. The number of aliphatic hydroxyl groups is 1. The summed E-state index contributed by atoms with van der Waals surface area (Å²) in [5.74, 6) is -1.43. The second-order valence-corrected chi connectivity index (χ2v) is 8.39. The number of Topliss-reactive ketones (excluding diaryl/α,β-unsaturated/α-hetero) is 1. The third-order valence-electron chi connectivity index (χ3n) is 5.68. The molecule has 0 radical (unpaired) electrons. The van der Waals surface area contributed by atoms with Gasteiger partial charge in [0.2, 0.25) is 0 Å². The predicted octanol–water partition coefficient (Wildman–Crippen LogP) is 5.00. The molecule has 1 N–H and O–H groups in total. The summed E-state index contributed by atoms with van der Waals surface area (Å²) >= 11 is 6.21. The Morgan fingerprint density at radius 2 is 1.59 bits per heavy atom. The number of aryl methyl sites for hydroxylation is 2. The number of anilines is 1. The second-order valence-electron chi connectivity index (χ2n) is 7.98. The van der Waals surface area contributed by atoms with Crippen LogP contribution < -0.4 is 14.4 Å². The van der Waals surface area contributed by atoms with Crippen LogP contribution in [0, 0.1) is 13.8 Å². The fourth-order valence-electron chi connectivity index (χ4n) is 4.24. The number of hydrogen-bond acceptors (Lipinski definition) is 6. The van der Waals surface area contributed by atoms with Gasteiger partial charge in [-0.25, -0.2) is 0 Å². The van der Waals surface area contributed by atoms with Crippen molar-refractivity contribution in [3.63, 3.8) is 0 Å². The number of halogens is 1. The number of carbonyl (C=O) groups excluding carboxylic acids is 2. The van der Waals surface area contributed by atoms with E-state index in [2.05, 4.69) is 4.98 Å². The first-order valence-corrected chi connectivity index (χ1v) is 10.9. The minimum Gasteiger partial charge on any atom is -0.507 e. The molecular weight excluding hydrogens is 456 g/mol. The number of methoxy groups -OCH3 is 2. The number of rotatable bonds is 5. The maximum Gasteiger partial charge on any atom is 0.300 e. The summed E-state index contributed by atoms with van der Waals surface area (Å²) in [6.07, 6.45) is 3.14. The highest BCUT2D eigenvalue weighted by Crippen LogP contribution is 2.44. The Kier molecular flexibility index (Phi) is 6.30. The number of pyridine rings is 1. The quantitative estimate of drug-likeness (QED) is 0.315. The maximum absolute atomic E-state index is 13.4. The lowest BCUT2D eigenvalue weighted by atomic mass is 9.95. The lowest BCUT2D eigenvalue weighted by molar-refractivity contribution is -0.132. The van der Waals surface area contributed by atoms with Crippen molar-refractivity contribution in [1.29, 1.82) is 0 Å². The molecule has 1 unspecified atom stereocenters. The van der Waals surface area contributed by atoms with E-state index in [0.717, 1.165) is 11.1 Å². The Balaban J connectivity index is 2.01. The van der Waals surface area contributed by atoms with Gasteiger partial charge in [0.25, 0.3) is 11.7 Å². The predicted molar refractivity (Wildman–Crippen MR) is 129 cm³/mol. The van der Waals surface area contributed by atoms with E-state index in [-0.39, 0.29) is 33.4 Å². The zero-order valence-electron chi connectivity index (χ0n) is 19.1. The second kappa shape index (κ2) is 9.19. The Morgan fingerprint density at radius 1 is 0.971 bits per heavy atom. The highest BCUT2D eigenvalue weighted by atomic mass is 35.5. The molecule has 174 valence electrons. The summed E-state index contributed by atoms with van der Waals surface area (Å²) in [7, 11) is 2.86. The van der Waals surface area contributed by atoms with Crippen LogP contribution in [0.3, 0.4) is 0 Å². The first kappa shape index (κ1) is 23.3. The summed E-state index contributed by atoms with van der Waals surface area (Å²) in [6.45, 7) is 3.83. The van der Waals surface area contributed by atoms with Gasteiger partial charge < -0.3 is 14.6 Å². The monoisotopic (exact) mass is 478 g/mol. The average molecular weight is 479 g/mol. The van der Waals surface area contributed by atoms with Crippen LogP contribution in [0.25, 0.3) is 5.76 Å². The fourth-order valence-corrected chi connectivity index (χ4v) is 4.47. The first-order valence-electron chi connectivity index (χ1n) is 10.5. The lowest BCUT2D eigenvalue weighted by Crippen LogP contribution is -2.29. The molecule has 0 aliphatic carbocycles. The van der Waals surface area contributed by atoms with Crippen LogP contribution in [-0.2, 0) is 9.59 Å². The number of carbonyl (C=O) groups is 2. The third kappa shape index (κ3) is 3.99. The molecule has 1 atom stereocenters. The van der Waals surface area contributed by atoms with Crippen LogP contribution in [0.5, 0.6) is 11.5 Å². The van der Waals surface area contributed by atoms with E-state index >= 15 is 0 Å². The van der Waals surface area contributed by atoms with E-state index in [4.69, 9.17) is 21.1 Å². The molecule has 8 heteroatoms. The van der Waals surface area contributed by atoms with Gasteiger partial charge in [0.1, 0.15) is 17.3 Å². The van der Waals surface area contributed by atoms with Crippen LogP contribution in [0.15, 0.2) is 60.4 Å². The van der Waals surface area contributed by atoms with E-state index in [1.807, 2.05) is 32.0 Å². The van der Waals surface area contributed by atoms with Crippen LogP contribution in [-0.4, -0.2) is 36.0 Å². The molecule has 2 aromatic carbocycles. The molecule has 34 heavy (non-hydrogen) atoms. The summed E-state index contributed by atoms with van der Waals surface area (Å²) in [4.78, 5) is 32.1. The molecule has 2 heterocycles. The van der Waals surface area contributed by atoms with Gasteiger partial charge in [0.15, 0.2) is 0 Å². The van der Waals surface area contributed by atoms with Gasteiger partial charge in [-0.05, 0) is 60.9 Å². The van der Waals surface area contributed by atoms with Gasteiger partial charge in [-0.15, -0.1) is 0 Å². The molecule has 0 bridgehead atoms. The largest absolute Gasteiger partial charge is 0.507 e. The molecule has 4 rings (SSSR count). The summed E-state index contributed by atoms with van der Waals surface area (Å²) in [5, 5.41) is 11.7. The topological polar surface area (TPSA) is 89.0 Å². The van der Waals surface area contributed by atoms with E-state index in [0.29, 0.717) is 11.3 Å². The molecule has 1 fully saturated rings. The number of ketones is 1. The molecule has 1 aliphatic heterocycles. The number of ether oxygens (including phenoxy) is 2. The van der Waals surface area contributed by atoms with Crippen molar-refractivity contribution >= 4 is 34.7 Å². The number of hydrogen-bond donors (Lipinski definition) is 1. The molecule has 7 nitrogen and oxygen atoms in total. The zero-order chi connectivity index (χ0) is 24.6. The number of benzene rings is 2. The molecular formula is C26H23ClN2O5. The number of nitrogens with zero attached hydrogens (tertiary/aromatic N) is 2. The molecule has 1 amide bonds. The number of aliphatic hydroxyl groups excluding tert-OH is 1. The molecule has 1 saturated heterocycles. The normalized spacial score (nSPS) is 17.2. The Hall–Kier alpha value is -3.84. The Bertz CT molecular complexity index is 1300. The van der Waals surface area contributed by atoms with E-state index in [1.165, 1.54) is 31.3 Å². The SMILES string of the molecule is COc1cc(/C(O)=C2\C(=O)C(=O)N(c3cc(C)cc(C)c3)C2c2ccncc2)c(OC)cc1Cl.